The lowest BCUT2D eigenvalue weighted by Gasteiger charge is -2.30. The van der Waals surface area contributed by atoms with Crippen molar-refractivity contribution in [3.8, 4) is 0 Å². The number of ether oxygens (including phenoxy) is 1. The number of carbonyl (C=O) groups excluding carboxylic acids is 2. The molecule has 1 aliphatic heterocycles. The van der Waals surface area contributed by atoms with Gasteiger partial charge in [0.15, 0.2) is 4.80 Å². The van der Waals surface area contributed by atoms with E-state index in [-0.39, 0.29) is 26.7 Å². The van der Waals surface area contributed by atoms with E-state index in [1.807, 2.05) is 12.1 Å². The highest BCUT2D eigenvalue weighted by atomic mass is 32.2. The first-order valence-electron chi connectivity index (χ1n) is 12.0. The van der Waals surface area contributed by atoms with E-state index in [2.05, 4.69) is 4.99 Å². The van der Waals surface area contributed by atoms with Gasteiger partial charge < -0.3 is 9.30 Å². The van der Waals surface area contributed by atoms with Crippen molar-refractivity contribution in [2.75, 3.05) is 18.0 Å². The number of nitrogens with two attached hydrogens (primary N) is 1. The van der Waals surface area contributed by atoms with Gasteiger partial charge in [0.05, 0.1) is 32.8 Å². The summed E-state index contributed by atoms with van der Waals surface area (Å²) in [5, 5.41) is 5.24. The van der Waals surface area contributed by atoms with Crippen molar-refractivity contribution < 1.29 is 31.2 Å². The minimum Gasteiger partial charge on any atom is -0.468 e. The van der Waals surface area contributed by atoms with Crippen molar-refractivity contribution >= 4 is 59.2 Å². The van der Waals surface area contributed by atoms with Gasteiger partial charge in [0.25, 0.3) is 15.9 Å². The number of carbonyl (C=O) groups is 2. The fourth-order valence-corrected chi connectivity index (χ4v) is 7.68. The van der Waals surface area contributed by atoms with Gasteiger partial charge in [-0.1, -0.05) is 29.5 Å². The maximum absolute atomic E-state index is 13.4. The predicted octanol–water partition coefficient (Wildman–Crippen LogP) is 2.41. The molecule has 0 fully saturated rings. The average molecular weight is 601 g/mol. The Hall–Kier alpha value is -3.85. The molecule has 4 aromatic rings. The van der Waals surface area contributed by atoms with Gasteiger partial charge in [-0.15, -0.1) is 0 Å². The van der Waals surface area contributed by atoms with Gasteiger partial charge in [-0.2, -0.15) is 4.99 Å². The van der Waals surface area contributed by atoms with Crippen LogP contribution in [0.1, 0.15) is 22.3 Å². The Balaban J connectivity index is 1.50. The number of esters is 1. The number of hydrogen-bond acceptors (Lipinski definition) is 8. The number of aryl methyl sites for hydroxylation is 1. The number of fused-ring (bicyclic) bond motifs is 2. The first kappa shape index (κ1) is 27.7. The van der Waals surface area contributed by atoms with E-state index in [9.17, 15) is 26.4 Å². The van der Waals surface area contributed by atoms with Gasteiger partial charge >= 0.3 is 5.97 Å². The Bertz CT molecular complexity index is 1930. The number of nitrogens with zero attached hydrogens (tertiary/aromatic N) is 3. The molecule has 0 atom stereocenters. The Labute approximate surface area is 234 Å². The number of hydrogen-bond donors (Lipinski definition) is 1. The van der Waals surface area contributed by atoms with Crippen LogP contribution in [-0.2, 0) is 42.5 Å². The smallest absolute Gasteiger partial charge is 0.325 e. The molecule has 2 N–H and O–H groups in total. The van der Waals surface area contributed by atoms with E-state index in [1.54, 1.807) is 12.1 Å². The van der Waals surface area contributed by atoms with Crippen molar-refractivity contribution in [3.05, 3.63) is 82.7 Å². The van der Waals surface area contributed by atoms with Crippen LogP contribution in [0.25, 0.3) is 10.2 Å². The number of benzene rings is 3. The van der Waals surface area contributed by atoms with Crippen molar-refractivity contribution in [1.82, 2.24) is 4.57 Å². The standard InChI is InChI=1S/C26H24N4O7S3/c1-37-24(31)16-29-22-13-12-20(39(27,33)34)15-23(22)38-26(29)28-25(32)18-8-10-19(11-9-18)40(35,36)30-14-4-6-17-5-2-3-7-21(17)30/h2-3,5,7-13,15H,4,6,14,16H2,1H3,(H2,27,33,34). The van der Waals surface area contributed by atoms with Gasteiger partial charge in [-0.3, -0.25) is 13.9 Å². The molecule has 1 aliphatic rings. The summed E-state index contributed by atoms with van der Waals surface area (Å²) in [6.45, 7) is 0.0838. The van der Waals surface area contributed by atoms with Gasteiger partial charge in [0.1, 0.15) is 6.54 Å². The van der Waals surface area contributed by atoms with Crippen LogP contribution in [0.3, 0.4) is 0 Å². The highest BCUT2D eigenvalue weighted by Crippen LogP contribution is 2.32. The van der Waals surface area contributed by atoms with E-state index >= 15 is 0 Å². The summed E-state index contributed by atoms with van der Waals surface area (Å²) in [5.74, 6) is -1.28. The second-order valence-electron chi connectivity index (χ2n) is 8.97. The molecule has 0 bridgehead atoms. The van der Waals surface area contributed by atoms with Crippen LogP contribution in [0.5, 0.6) is 0 Å². The van der Waals surface area contributed by atoms with E-state index in [0.29, 0.717) is 28.9 Å². The fourth-order valence-electron chi connectivity index (χ4n) is 4.46. The summed E-state index contributed by atoms with van der Waals surface area (Å²) >= 11 is 0.994. The van der Waals surface area contributed by atoms with Gasteiger partial charge in [-0.25, -0.2) is 22.0 Å². The normalized spacial score (nSPS) is 14.2. The van der Waals surface area contributed by atoms with Crippen LogP contribution >= 0.6 is 11.3 Å². The first-order chi connectivity index (χ1) is 19.0. The van der Waals surface area contributed by atoms with Crippen LogP contribution in [-0.4, -0.2) is 46.9 Å². The largest absolute Gasteiger partial charge is 0.468 e. The summed E-state index contributed by atoms with van der Waals surface area (Å²) in [4.78, 5) is 29.3. The summed E-state index contributed by atoms with van der Waals surface area (Å²) in [7, 11) is -6.61. The maximum atomic E-state index is 13.4. The number of primary sulfonamides is 1. The van der Waals surface area contributed by atoms with E-state index < -0.39 is 31.9 Å². The molecule has 11 nitrogen and oxygen atoms in total. The molecule has 0 radical (unpaired) electrons. The third-order valence-corrected chi connectivity index (χ3v) is 10.2. The molecule has 0 unspecified atom stereocenters. The lowest BCUT2D eigenvalue weighted by Crippen LogP contribution is -2.35. The number of anilines is 1. The average Bonchev–Trinajstić information content (AvgIpc) is 3.27. The molecule has 5 rings (SSSR count). The van der Waals surface area contributed by atoms with Crippen LogP contribution in [0.4, 0.5) is 5.69 Å². The molecule has 2 heterocycles. The highest BCUT2D eigenvalue weighted by Gasteiger charge is 2.29. The number of aromatic nitrogens is 1. The van der Waals surface area contributed by atoms with E-state index in [4.69, 9.17) is 9.88 Å². The number of methoxy groups -OCH3 is 1. The molecule has 0 saturated carbocycles. The van der Waals surface area contributed by atoms with Gasteiger partial charge in [-0.05, 0) is 66.9 Å². The lowest BCUT2D eigenvalue weighted by molar-refractivity contribution is -0.141. The molecule has 3 aromatic carbocycles. The molecule has 1 aromatic heterocycles. The van der Waals surface area contributed by atoms with Crippen LogP contribution < -0.4 is 14.2 Å². The second kappa shape index (κ2) is 10.6. The van der Waals surface area contributed by atoms with E-state index in [1.165, 1.54) is 58.4 Å². The molecule has 14 heteroatoms. The molecule has 0 aliphatic carbocycles. The Morgan fingerprint density at radius 2 is 1.70 bits per heavy atom. The zero-order valence-electron chi connectivity index (χ0n) is 21.2. The lowest BCUT2D eigenvalue weighted by atomic mass is 10.0. The monoisotopic (exact) mass is 600 g/mol. The minimum atomic E-state index is -3.98. The van der Waals surface area contributed by atoms with Crippen molar-refractivity contribution in [2.24, 2.45) is 10.1 Å². The molecular weight excluding hydrogens is 577 g/mol. The summed E-state index contributed by atoms with van der Waals surface area (Å²) < 4.78 is 58.4. The number of para-hydroxylation sites is 1. The Morgan fingerprint density at radius 3 is 2.40 bits per heavy atom. The molecule has 208 valence electrons. The zero-order chi connectivity index (χ0) is 28.7. The molecule has 0 saturated heterocycles. The first-order valence-corrected chi connectivity index (χ1v) is 15.8. The van der Waals surface area contributed by atoms with Crippen molar-refractivity contribution in [2.45, 2.75) is 29.2 Å². The fraction of sp³-hybridized carbons (Fsp3) is 0.192. The molecular formula is C26H24N4O7S3. The van der Waals surface area contributed by atoms with Crippen molar-refractivity contribution in [1.29, 1.82) is 0 Å². The third-order valence-electron chi connectivity index (χ3n) is 6.45. The summed E-state index contributed by atoms with van der Waals surface area (Å²) in [5.41, 5.74) is 2.19. The number of thiazole rings is 1. The SMILES string of the molecule is COC(=O)Cn1c(=NC(=O)c2ccc(S(=O)(=O)N3CCCc4ccccc43)cc2)sc2cc(S(N)(=O)=O)ccc21. The van der Waals surface area contributed by atoms with Crippen molar-refractivity contribution in [3.63, 3.8) is 0 Å². The third kappa shape index (κ3) is 5.30. The number of sulfonamides is 2. The number of amides is 1. The molecule has 40 heavy (non-hydrogen) atoms. The maximum Gasteiger partial charge on any atom is 0.325 e. The van der Waals surface area contributed by atoms with Crippen LogP contribution in [0.2, 0.25) is 0 Å². The van der Waals surface area contributed by atoms with Gasteiger partial charge in [0, 0.05) is 12.1 Å². The minimum absolute atomic E-state index is 0.0406. The summed E-state index contributed by atoms with van der Waals surface area (Å²) in [6, 6.07) is 17.0. The zero-order valence-corrected chi connectivity index (χ0v) is 23.6. The molecule has 0 spiro atoms. The highest BCUT2D eigenvalue weighted by molar-refractivity contribution is 7.92. The molecule has 1 amide bonds. The number of rotatable bonds is 6. The van der Waals surface area contributed by atoms with Crippen LogP contribution in [0, 0.1) is 0 Å². The Kier molecular flexibility index (Phi) is 7.35. The quantitative estimate of drug-likeness (QED) is 0.333. The predicted molar refractivity (Wildman–Crippen MR) is 149 cm³/mol. The van der Waals surface area contributed by atoms with E-state index in [0.717, 1.165) is 23.3 Å². The summed E-state index contributed by atoms with van der Waals surface area (Å²) in [6.07, 6.45) is 1.50. The van der Waals surface area contributed by atoms with Crippen LogP contribution in [0.15, 0.2) is 81.5 Å². The topological polar surface area (TPSA) is 158 Å². The Morgan fingerprint density at radius 1 is 1.00 bits per heavy atom. The van der Waals surface area contributed by atoms with Gasteiger partial charge in [0.2, 0.25) is 10.0 Å². The second-order valence-corrected chi connectivity index (χ2v) is 13.4.